The molecule has 0 saturated carbocycles. The molecule has 3 rings (SSSR count). The van der Waals surface area contributed by atoms with E-state index in [1.165, 1.54) is 15.8 Å². The highest BCUT2D eigenvalue weighted by Crippen LogP contribution is 2.26. The fraction of sp³-hybridized carbons (Fsp3) is 0.375. The van der Waals surface area contributed by atoms with Crippen LogP contribution in [0.4, 0.5) is 0 Å². The standard InChI is InChI=1S/C16H20N4S/c1-3-8-18-14(9-12-10-17-11-21-12)16-13-6-4-5-7-15(13)20(2)19-16/h4-7,10-11,14,18H,3,8-9H2,1-2H3. The van der Waals surface area contributed by atoms with Crippen LogP contribution < -0.4 is 5.32 Å². The molecular formula is C16H20N4S. The number of hydrogen-bond donors (Lipinski definition) is 1. The predicted octanol–water partition coefficient (Wildman–Crippen LogP) is 3.31. The van der Waals surface area contributed by atoms with Crippen molar-refractivity contribution in [2.75, 3.05) is 6.54 Å². The maximum absolute atomic E-state index is 4.76. The van der Waals surface area contributed by atoms with Crippen molar-refractivity contribution in [2.45, 2.75) is 25.8 Å². The number of nitrogens with zero attached hydrogens (tertiary/aromatic N) is 3. The molecule has 0 amide bonds. The Morgan fingerprint density at radius 1 is 1.33 bits per heavy atom. The van der Waals surface area contributed by atoms with Crippen molar-refractivity contribution >= 4 is 22.2 Å². The van der Waals surface area contributed by atoms with Crippen molar-refractivity contribution in [3.05, 3.63) is 46.5 Å². The molecule has 1 unspecified atom stereocenters. The number of hydrogen-bond acceptors (Lipinski definition) is 4. The summed E-state index contributed by atoms with van der Waals surface area (Å²) in [5.41, 5.74) is 4.21. The molecule has 110 valence electrons. The van der Waals surface area contributed by atoms with Crippen molar-refractivity contribution in [3.63, 3.8) is 0 Å². The minimum absolute atomic E-state index is 0.233. The van der Waals surface area contributed by atoms with Gasteiger partial charge in [-0.1, -0.05) is 25.1 Å². The quantitative estimate of drug-likeness (QED) is 0.759. The number of fused-ring (bicyclic) bond motifs is 1. The van der Waals surface area contributed by atoms with Crippen LogP contribution in [0, 0.1) is 0 Å². The number of rotatable bonds is 6. The summed E-state index contributed by atoms with van der Waals surface area (Å²) in [7, 11) is 2.01. The van der Waals surface area contributed by atoms with Crippen LogP contribution in [-0.2, 0) is 13.5 Å². The summed E-state index contributed by atoms with van der Waals surface area (Å²) >= 11 is 1.71. The molecule has 0 aliphatic rings. The molecule has 3 aromatic rings. The van der Waals surface area contributed by atoms with Gasteiger partial charge in [0.1, 0.15) is 0 Å². The average molecular weight is 300 g/mol. The van der Waals surface area contributed by atoms with Gasteiger partial charge in [0.25, 0.3) is 0 Å². The van der Waals surface area contributed by atoms with Gasteiger partial charge in [0.05, 0.1) is 22.8 Å². The van der Waals surface area contributed by atoms with Crippen LogP contribution >= 0.6 is 11.3 Å². The number of thiazole rings is 1. The minimum atomic E-state index is 0.233. The molecule has 0 radical (unpaired) electrons. The molecule has 1 aromatic carbocycles. The van der Waals surface area contributed by atoms with E-state index in [1.54, 1.807) is 11.3 Å². The number of para-hydroxylation sites is 1. The molecule has 0 saturated heterocycles. The zero-order chi connectivity index (χ0) is 14.7. The first-order chi connectivity index (χ1) is 10.3. The van der Waals surface area contributed by atoms with Gasteiger partial charge in [0, 0.05) is 29.9 Å². The highest BCUT2D eigenvalue weighted by Gasteiger charge is 2.19. The van der Waals surface area contributed by atoms with Gasteiger partial charge < -0.3 is 5.32 Å². The van der Waals surface area contributed by atoms with Crippen molar-refractivity contribution in [3.8, 4) is 0 Å². The van der Waals surface area contributed by atoms with Crippen LogP contribution in [0.15, 0.2) is 36.0 Å². The van der Waals surface area contributed by atoms with E-state index in [-0.39, 0.29) is 6.04 Å². The van der Waals surface area contributed by atoms with Gasteiger partial charge in [-0.15, -0.1) is 11.3 Å². The first-order valence-electron chi connectivity index (χ1n) is 7.32. The summed E-state index contributed by atoms with van der Waals surface area (Å²) in [4.78, 5) is 5.47. The highest BCUT2D eigenvalue weighted by molar-refractivity contribution is 7.09. The molecule has 4 nitrogen and oxygen atoms in total. The third-order valence-electron chi connectivity index (χ3n) is 3.65. The third kappa shape index (κ3) is 2.99. The second-order valence-electron chi connectivity index (χ2n) is 5.20. The van der Waals surface area contributed by atoms with Gasteiger partial charge in [-0.2, -0.15) is 5.10 Å². The summed E-state index contributed by atoms with van der Waals surface area (Å²) < 4.78 is 1.97. The van der Waals surface area contributed by atoms with E-state index in [1.807, 2.05) is 23.4 Å². The SMILES string of the molecule is CCCNC(Cc1cncs1)c1nn(C)c2ccccc12. The molecule has 0 bridgehead atoms. The number of nitrogens with one attached hydrogen (secondary N) is 1. The second-order valence-corrected chi connectivity index (χ2v) is 6.18. The maximum atomic E-state index is 4.76. The van der Waals surface area contributed by atoms with E-state index in [2.05, 4.69) is 41.5 Å². The molecule has 0 fully saturated rings. The lowest BCUT2D eigenvalue weighted by atomic mass is 10.1. The Hall–Kier alpha value is -1.72. The van der Waals surface area contributed by atoms with Crippen LogP contribution in [0.5, 0.6) is 0 Å². The molecular weight excluding hydrogens is 280 g/mol. The van der Waals surface area contributed by atoms with Gasteiger partial charge >= 0.3 is 0 Å². The fourth-order valence-electron chi connectivity index (χ4n) is 2.63. The molecule has 0 aliphatic carbocycles. The van der Waals surface area contributed by atoms with Gasteiger partial charge in [-0.25, -0.2) is 0 Å². The lowest BCUT2D eigenvalue weighted by Gasteiger charge is -2.16. The lowest BCUT2D eigenvalue weighted by molar-refractivity contribution is 0.516. The first kappa shape index (κ1) is 14.2. The lowest BCUT2D eigenvalue weighted by Crippen LogP contribution is -2.24. The molecule has 2 aromatic heterocycles. The van der Waals surface area contributed by atoms with Crippen molar-refractivity contribution in [1.29, 1.82) is 0 Å². The first-order valence-corrected chi connectivity index (χ1v) is 8.20. The van der Waals surface area contributed by atoms with Gasteiger partial charge in [0.15, 0.2) is 0 Å². The normalized spacial score (nSPS) is 12.9. The van der Waals surface area contributed by atoms with Crippen LogP contribution in [0.25, 0.3) is 10.9 Å². The smallest absolute Gasteiger partial charge is 0.0876 e. The molecule has 0 spiro atoms. The van der Waals surface area contributed by atoms with Crippen molar-refractivity contribution < 1.29 is 0 Å². The Morgan fingerprint density at radius 3 is 2.95 bits per heavy atom. The Balaban J connectivity index is 1.97. The Morgan fingerprint density at radius 2 is 2.19 bits per heavy atom. The molecule has 5 heteroatoms. The molecule has 2 heterocycles. The summed E-state index contributed by atoms with van der Waals surface area (Å²) in [6, 6.07) is 8.65. The monoisotopic (exact) mass is 300 g/mol. The Bertz CT molecular complexity index is 702. The third-order valence-corrected chi connectivity index (χ3v) is 4.45. The topological polar surface area (TPSA) is 42.7 Å². The zero-order valence-corrected chi connectivity index (χ0v) is 13.2. The highest BCUT2D eigenvalue weighted by atomic mass is 32.1. The van der Waals surface area contributed by atoms with Crippen molar-refractivity contribution in [1.82, 2.24) is 20.1 Å². The van der Waals surface area contributed by atoms with Gasteiger partial charge in [-0.3, -0.25) is 9.67 Å². The minimum Gasteiger partial charge on any atom is -0.308 e. The van der Waals surface area contributed by atoms with Gasteiger partial charge in [0.2, 0.25) is 0 Å². The average Bonchev–Trinajstić information content (AvgIpc) is 3.12. The molecule has 1 atom stereocenters. The van der Waals surface area contributed by atoms with E-state index in [9.17, 15) is 0 Å². The molecule has 21 heavy (non-hydrogen) atoms. The Kier molecular flexibility index (Phi) is 4.31. The summed E-state index contributed by atoms with van der Waals surface area (Å²) in [5, 5.41) is 9.63. The second kappa shape index (κ2) is 6.37. The van der Waals surface area contributed by atoms with Crippen LogP contribution in [0.2, 0.25) is 0 Å². The van der Waals surface area contributed by atoms with E-state index in [0.29, 0.717) is 0 Å². The fourth-order valence-corrected chi connectivity index (χ4v) is 3.27. The van der Waals surface area contributed by atoms with Gasteiger partial charge in [-0.05, 0) is 19.0 Å². The number of benzene rings is 1. The van der Waals surface area contributed by atoms with E-state index < -0.39 is 0 Å². The summed E-state index contributed by atoms with van der Waals surface area (Å²) in [5.74, 6) is 0. The van der Waals surface area contributed by atoms with Crippen LogP contribution in [0.1, 0.15) is 30.0 Å². The largest absolute Gasteiger partial charge is 0.308 e. The van der Waals surface area contributed by atoms with Crippen molar-refractivity contribution in [2.24, 2.45) is 7.05 Å². The summed E-state index contributed by atoms with van der Waals surface area (Å²) in [6.07, 6.45) is 4.01. The number of aryl methyl sites for hydroxylation is 1. The maximum Gasteiger partial charge on any atom is 0.0876 e. The Labute approximate surface area is 128 Å². The predicted molar refractivity (Wildman–Crippen MR) is 87.6 cm³/mol. The zero-order valence-electron chi connectivity index (χ0n) is 12.4. The number of aromatic nitrogens is 3. The molecule has 1 N–H and O–H groups in total. The van der Waals surface area contributed by atoms with Crippen LogP contribution in [0.3, 0.4) is 0 Å². The van der Waals surface area contributed by atoms with E-state index in [0.717, 1.165) is 25.1 Å². The van der Waals surface area contributed by atoms with E-state index >= 15 is 0 Å². The van der Waals surface area contributed by atoms with Crippen LogP contribution in [-0.4, -0.2) is 21.3 Å². The molecule has 0 aliphatic heterocycles. The van der Waals surface area contributed by atoms with E-state index in [4.69, 9.17) is 5.10 Å². The summed E-state index contributed by atoms with van der Waals surface area (Å²) in [6.45, 7) is 3.18.